The van der Waals surface area contributed by atoms with Crippen LogP contribution in [0.2, 0.25) is 4.34 Å². The van der Waals surface area contributed by atoms with Gasteiger partial charge in [-0.05, 0) is 12.1 Å². The van der Waals surface area contributed by atoms with Crippen LogP contribution in [0.4, 0.5) is 11.5 Å². The van der Waals surface area contributed by atoms with Gasteiger partial charge in [-0.1, -0.05) is 32.4 Å². The maximum atomic E-state index is 13.3. The predicted molar refractivity (Wildman–Crippen MR) is 140 cm³/mol. The van der Waals surface area contributed by atoms with Gasteiger partial charge in [-0.3, -0.25) is 14.4 Å². The van der Waals surface area contributed by atoms with Gasteiger partial charge in [0.2, 0.25) is 0 Å². The monoisotopic (exact) mass is 533 g/mol. The number of rotatable bonds is 8. The van der Waals surface area contributed by atoms with Crippen LogP contribution < -0.4 is 15.4 Å². The van der Waals surface area contributed by atoms with Gasteiger partial charge >= 0.3 is 5.97 Å². The van der Waals surface area contributed by atoms with Crippen LogP contribution in [0.25, 0.3) is 11.3 Å². The average Bonchev–Trinajstić information content (AvgIpc) is 3.39. The summed E-state index contributed by atoms with van der Waals surface area (Å²) in [7, 11) is 5.33. The summed E-state index contributed by atoms with van der Waals surface area (Å²) in [5, 5.41) is 13.6. The van der Waals surface area contributed by atoms with E-state index in [1.54, 1.807) is 45.8 Å². The largest absolute Gasteiger partial charge is 0.475 e. The first-order valence-electron chi connectivity index (χ1n) is 11.0. The number of anilines is 2. The molecule has 3 rings (SSSR count). The molecule has 192 valence electrons. The maximum absolute atomic E-state index is 13.3. The van der Waals surface area contributed by atoms with Crippen molar-refractivity contribution in [1.29, 1.82) is 0 Å². The van der Waals surface area contributed by atoms with Crippen LogP contribution in [0.15, 0.2) is 35.3 Å². The van der Waals surface area contributed by atoms with Gasteiger partial charge in [0.25, 0.3) is 17.2 Å². The minimum absolute atomic E-state index is 0.236. The van der Waals surface area contributed by atoms with Crippen molar-refractivity contribution in [1.82, 2.24) is 14.3 Å². The van der Waals surface area contributed by atoms with Gasteiger partial charge < -0.3 is 19.5 Å². The van der Waals surface area contributed by atoms with E-state index in [9.17, 15) is 19.2 Å². The normalized spacial score (nSPS) is 11.4. The molecular weight excluding hydrogens is 506 g/mol. The smallest absolute Gasteiger partial charge is 0.374 e. The Morgan fingerprint density at radius 3 is 2.33 bits per heavy atom. The molecule has 0 bridgehead atoms. The van der Waals surface area contributed by atoms with Crippen LogP contribution in [0.1, 0.15) is 30.4 Å². The van der Waals surface area contributed by atoms with Crippen molar-refractivity contribution in [3.05, 3.63) is 50.0 Å². The molecule has 0 fully saturated rings. The van der Waals surface area contributed by atoms with E-state index in [4.69, 9.17) is 16.7 Å². The summed E-state index contributed by atoms with van der Waals surface area (Å²) < 4.78 is 3.02. The van der Waals surface area contributed by atoms with E-state index in [0.29, 0.717) is 33.6 Å². The molecule has 0 aliphatic carbocycles. The quantitative estimate of drug-likeness (QED) is 0.437. The van der Waals surface area contributed by atoms with Crippen molar-refractivity contribution in [3.8, 4) is 11.3 Å². The van der Waals surface area contributed by atoms with Crippen LogP contribution >= 0.6 is 22.9 Å². The molecule has 0 saturated heterocycles. The summed E-state index contributed by atoms with van der Waals surface area (Å²) in [6.07, 6.45) is 1.40. The number of aromatic nitrogens is 3. The third kappa shape index (κ3) is 5.85. The first kappa shape index (κ1) is 27.2. The fourth-order valence-corrected chi connectivity index (χ4v) is 4.61. The molecule has 0 aromatic carbocycles. The minimum Gasteiger partial charge on any atom is -0.475 e. The van der Waals surface area contributed by atoms with Gasteiger partial charge in [-0.25, -0.2) is 4.79 Å². The zero-order chi connectivity index (χ0) is 26.9. The average molecular weight is 534 g/mol. The van der Waals surface area contributed by atoms with Gasteiger partial charge in [0.15, 0.2) is 0 Å². The molecule has 36 heavy (non-hydrogen) atoms. The second kappa shape index (κ2) is 10.3. The number of halogens is 1. The molecule has 0 aliphatic heterocycles. The van der Waals surface area contributed by atoms with Gasteiger partial charge in [0.05, 0.1) is 28.8 Å². The summed E-state index contributed by atoms with van der Waals surface area (Å²) in [4.78, 5) is 53.4. The topological polar surface area (TPSA) is 118 Å². The molecule has 12 heteroatoms. The number of nitrogens with zero attached hydrogens (tertiary/aromatic N) is 5. The van der Waals surface area contributed by atoms with E-state index in [0.717, 1.165) is 9.44 Å². The number of Topliss-reactive ketones (excluding diaryl/α,β-unsaturated/α-hetero) is 1. The molecule has 0 aliphatic rings. The van der Waals surface area contributed by atoms with Crippen molar-refractivity contribution < 1.29 is 19.5 Å². The third-order valence-electron chi connectivity index (χ3n) is 5.35. The number of carboxylic acid groups (broad SMARTS) is 1. The van der Waals surface area contributed by atoms with Crippen LogP contribution in [0, 0.1) is 5.41 Å². The van der Waals surface area contributed by atoms with E-state index in [2.05, 4.69) is 5.10 Å². The number of pyridine rings is 1. The Hall–Kier alpha value is -3.44. The molecule has 0 amide bonds. The summed E-state index contributed by atoms with van der Waals surface area (Å²) >= 11 is 7.52. The van der Waals surface area contributed by atoms with E-state index in [-0.39, 0.29) is 5.91 Å². The molecule has 0 saturated carbocycles. The van der Waals surface area contributed by atoms with Crippen molar-refractivity contribution in [2.24, 2.45) is 5.41 Å². The zero-order valence-electron chi connectivity index (χ0n) is 20.9. The summed E-state index contributed by atoms with van der Waals surface area (Å²) in [5.74, 6) is -2.46. The lowest BCUT2D eigenvalue weighted by Gasteiger charge is -2.22. The lowest BCUT2D eigenvalue weighted by Crippen LogP contribution is -2.31. The Morgan fingerprint density at radius 1 is 1.14 bits per heavy atom. The molecule has 0 radical (unpaired) electrons. The number of carbonyl (C=O) groups is 3. The highest BCUT2D eigenvalue weighted by molar-refractivity contribution is 7.16. The van der Waals surface area contributed by atoms with Gasteiger partial charge in [-0.15, -0.1) is 11.3 Å². The van der Waals surface area contributed by atoms with E-state index in [1.807, 2.05) is 24.1 Å². The Kier molecular flexibility index (Phi) is 7.75. The lowest BCUT2D eigenvalue weighted by molar-refractivity contribution is -0.149. The standard InChI is InChI=1S/C24H28ClN5O5S/c1-24(2,3)23(35)30-20(28(6)11-14-7-8-19(25)36-14)9-16(26-30)15-12-29(13-18(31)22(33)34)21(32)10-17(15)27(4)5/h7-10,12H,11,13H2,1-6H3,(H,33,34). The Morgan fingerprint density at radius 2 is 1.81 bits per heavy atom. The van der Waals surface area contributed by atoms with Gasteiger partial charge in [0.1, 0.15) is 5.82 Å². The first-order chi connectivity index (χ1) is 16.7. The summed E-state index contributed by atoms with van der Waals surface area (Å²) in [6, 6.07) is 6.76. The van der Waals surface area contributed by atoms with Crippen LogP contribution in [0.5, 0.6) is 0 Å². The van der Waals surface area contributed by atoms with Crippen molar-refractivity contribution in [2.75, 3.05) is 30.9 Å². The molecule has 0 unspecified atom stereocenters. The molecule has 10 nitrogen and oxygen atoms in total. The molecule has 1 N–H and O–H groups in total. The fraction of sp³-hybridized carbons (Fsp3) is 0.375. The minimum atomic E-state index is -1.63. The Bertz CT molecular complexity index is 1380. The SMILES string of the molecule is CN(C)c1cc(=O)n(CC(=O)C(=O)O)cc1-c1cc(N(C)Cc2ccc(Cl)s2)n(C(=O)C(C)(C)C)n1. The van der Waals surface area contributed by atoms with Gasteiger partial charge in [0, 0.05) is 55.3 Å². The number of hydrogen-bond acceptors (Lipinski definition) is 8. The third-order valence-corrected chi connectivity index (χ3v) is 6.57. The second-order valence-electron chi connectivity index (χ2n) is 9.58. The second-order valence-corrected chi connectivity index (χ2v) is 11.4. The number of thiophene rings is 1. The highest BCUT2D eigenvalue weighted by atomic mass is 35.5. The summed E-state index contributed by atoms with van der Waals surface area (Å²) in [6.45, 7) is 5.24. The molecular formula is C24H28ClN5O5S. The fourth-order valence-electron chi connectivity index (χ4n) is 3.47. The number of carbonyl (C=O) groups excluding carboxylic acids is 2. The first-order valence-corrected chi connectivity index (χ1v) is 12.2. The lowest BCUT2D eigenvalue weighted by atomic mass is 9.96. The molecule has 3 heterocycles. The Labute approximate surface area is 217 Å². The van der Waals surface area contributed by atoms with Crippen LogP contribution in [-0.2, 0) is 22.7 Å². The van der Waals surface area contributed by atoms with Crippen LogP contribution in [0.3, 0.4) is 0 Å². The molecule has 0 spiro atoms. The van der Waals surface area contributed by atoms with Crippen molar-refractivity contribution >= 4 is 52.1 Å². The van der Waals surface area contributed by atoms with E-state index >= 15 is 0 Å². The Balaban J connectivity index is 2.18. The van der Waals surface area contributed by atoms with Crippen LogP contribution in [-0.4, -0.2) is 58.3 Å². The van der Waals surface area contributed by atoms with Crippen molar-refractivity contribution in [3.63, 3.8) is 0 Å². The highest BCUT2D eigenvalue weighted by Crippen LogP contribution is 2.33. The number of hydrogen-bond donors (Lipinski definition) is 1. The molecule has 3 aromatic heterocycles. The molecule has 0 atom stereocenters. The number of ketones is 1. The number of aliphatic carboxylic acids is 1. The maximum Gasteiger partial charge on any atom is 0.374 e. The van der Waals surface area contributed by atoms with E-state index in [1.165, 1.54) is 28.3 Å². The zero-order valence-corrected chi connectivity index (χ0v) is 22.5. The predicted octanol–water partition coefficient (Wildman–Crippen LogP) is 3.47. The number of carboxylic acids is 1. The van der Waals surface area contributed by atoms with Crippen molar-refractivity contribution in [2.45, 2.75) is 33.9 Å². The van der Waals surface area contributed by atoms with E-state index < -0.39 is 29.3 Å². The van der Waals surface area contributed by atoms with Gasteiger partial charge in [-0.2, -0.15) is 9.78 Å². The molecule has 3 aromatic rings. The highest BCUT2D eigenvalue weighted by Gasteiger charge is 2.29. The summed E-state index contributed by atoms with van der Waals surface area (Å²) in [5.41, 5.74) is 0.0913.